The maximum atomic E-state index is 12.2. The Balaban J connectivity index is 1.43. The third kappa shape index (κ3) is 5.33. The maximum absolute atomic E-state index is 12.2. The normalized spacial score (nSPS) is 15.1. The first-order valence-electron chi connectivity index (χ1n) is 9.49. The molecule has 4 nitrogen and oxygen atoms in total. The van der Waals surface area contributed by atoms with Crippen molar-refractivity contribution in [2.75, 3.05) is 43.4 Å². The monoisotopic (exact) mass is 351 g/mol. The van der Waals surface area contributed by atoms with E-state index in [0.717, 1.165) is 44.7 Å². The number of nitrogens with zero attached hydrogens (tertiary/aromatic N) is 2. The van der Waals surface area contributed by atoms with Crippen LogP contribution in [0.3, 0.4) is 0 Å². The van der Waals surface area contributed by atoms with Crippen molar-refractivity contribution in [3.63, 3.8) is 0 Å². The number of benzene rings is 2. The van der Waals surface area contributed by atoms with Crippen molar-refractivity contribution in [1.29, 1.82) is 0 Å². The number of anilines is 2. The minimum Gasteiger partial charge on any atom is -0.369 e. The number of rotatable bonds is 6. The number of hydrogen-bond acceptors (Lipinski definition) is 3. The SMILES string of the molecule is Cc1ccc(CCCC(=O)Nc2ccc(N3CCN(C)CC3)cc2)cc1. The molecule has 1 N–H and O–H groups in total. The van der Waals surface area contributed by atoms with Gasteiger partial charge >= 0.3 is 0 Å². The van der Waals surface area contributed by atoms with Crippen molar-refractivity contribution in [3.8, 4) is 0 Å². The molecule has 0 unspecified atom stereocenters. The van der Waals surface area contributed by atoms with Gasteiger partial charge in [0.2, 0.25) is 5.91 Å². The van der Waals surface area contributed by atoms with Crippen LogP contribution in [0.2, 0.25) is 0 Å². The average Bonchev–Trinajstić information content (AvgIpc) is 2.65. The molecule has 1 aliphatic rings. The van der Waals surface area contributed by atoms with E-state index in [4.69, 9.17) is 0 Å². The van der Waals surface area contributed by atoms with Crippen LogP contribution in [0.25, 0.3) is 0 Å². The molecule has 4 heteroatoms. The highest BCUT2D eigenvalue weighted by atomic mass is 16.1. The zero-order valence-corrected chi connectivity index (χ0v) is 15.9. The first kappa shape index (κ1) is 18.5. The van der Waals surface area contributed by atoms with Crippen LogP contribution in [0.5, 0.6) is 0 Å². The second-order valence-corrected chi connectivity index (χ2v) is 7.22. The van der Waals surface area contributed by atoms with E-state index < -0.39 is 0 Å². The van der Waals surface area contributed by atoms with Gasteiger partial charge in [-0.1, -0.05) is 29.8 Å². The Kier molecular flexibility index (Phi) is 6.29. The summed E-state index contributed by atoms with van der Waals surface area (Å²) in [4.78, 5) is 16.9. The predicted molar refractivity (Wildman–Crippen MR) is 109 cm³/mol. The van der Waals surface area contributed by atoms with Gasteiger partial charge in [0.1, 0.15) is 0 Å². The van der Waals surface area contributed by atoms with Gasteiger partial charge < -0.3 is 15.1 Å². The van der Waals surface area contributed by atoms with E-state index in [0.29, 0.717) is 6.42 Å². The van der Waals surface area contributed by atoms with Gasteiger partial charge in [-0.15, -0.1) is 0 Å². The van der Waals surface area contributed by atoms with Crippen molar-refractivity contribution < 1.29 is 4.79 Å². The van der Waals surface area contributed by atoms with Gasteiger partial charge in [0.25, 0.3) is 0 Å². The fourth-order valence-corrected chi connectivity index (χ4v) is 3.25. The summed E-state index contributed by atoms with van der Waals surface area (Å²) in [6, 6.07) is 16.8. The van der Waals surface area contributed by atoms with Gasteiger partial charge in [-0.05, 0) is 56.6 Å². The highest BCUT2D eigenvalue weighted by Crippen LogP contribution is 2.19. The molecule has 2 aromatic rings. The molecule has 26 heavy (non-hydrogen) atoms. The van der Waals surface area contributed by atoms with Crippen molar-refractivity contribution >= 4 is 17.3 Å². The predicted octanol–water partition coefficient (Wildman–Crippen LogP) is 3.71. The van der Waals surface area contributed by atoms with Crippen LogP contribution >= 0.6 is 0 Å². The van der Waals surface area contributed by atoms with Gasteiger partial charge in [0, 0.05) is 44.0 Å². The Bertz CT molecular complexity index is 701. The first-order valence-corrected chi connectivity index (χ1v) is 9.49. The summed E-state index contributed by atoms with van der Waals surface area (Å²) in [5.41, 5.74) is 4.67. The molecule has 0 saturated carbocycles. The molecule has 1 aliphatic heterocycles. The standard InChI is InChI=1S/C22H29N3O/c1-18-6-8-19(9-7-18)4-3-5-22(26)23-20-10-12-21(13-11-20)25-16-14-24(2)15-17-25/h6-13H,3-5,14-17H2,1-2H3,(H,23,26). The molecular formula is C22H29N3O. The van der Waals surface area contributed by atoms with Crippen LogP contribution in [-0.4, -0.2) is 44.0 Å². The van der Waals surface area contributed by atoms with Gasteiger partial charge in [-0.25, -0.2) is 0 Å². The summed E-state index contributed by atoms with van der Waals surface area (Å²) in [5.74, 6) is 0.0875. The molecule has 0 aromatic heterocycles. The fourth-order valence-electron chi connectivity index (χ4n) is 3.25. The van der Waals surface area contributed by atoms with E-state index in [1.807, 2.05) is 12.1 Å². The summed E-state index contributed by atoms with van der Waals surface area (Å²) in [5, 5.41) is 3.01. The van der Waals surface area contributed by atoms with E-state index in [-0.39, 0.29) is 5.91 Å². The summed E-state index contributed by atoms with van der Waals surface area (Å²) in [6.07, 6.45) is 2.36. The van der Waals surface area contributed by atoms with E-state index >= 15 is 0 Å². The Labute approximate surface area is 156 Å². The molecule has 0 bridgehead atoms. The number of nitrogens with one attached hydrogen (secondary N) is 1. The number of carbonyl (C=O) groups excluding carboxylic acids is 1. The number of hydrogen-bond donors (Lipinski definition) is 1. The summed E-state index contributed by atoms with van der Waals surface area (Å²) in [7, 11) is 2.16. The van der Waals surface area contributed by atoms with Gasteiger partial charge in [0.15, 0.2) is 0 Å². The lowest BCUT2D eigenvalue weighted by molar-refractivity contribution is -0.116. The zero-order chi connectivity index (χ0) is 18.4. The van der Waals surface area contributed by atoms with E-state index in [1.165, 1.54) is 16.8 Å². The van der Waals surface area contributed by atoms with Crippen LogP contribution in [0.15, 0.2) is 48.5 Å². The number of piperazine rings is 1. The van der Waals surface area contributed by atoms with Crippen molar-refractivity contribution in [3.05, 3.63) is 59.7 Å². The summed E-state index contributed by atoms with van der Waals surface area (Å²) >= 11 is 0. The second-order valence-electron chi connectivity index (χ2n) is 7.22. The minimum atomic E-state index is 0.0875. The topological polar surface area (TPSA) is 35.6 Å². The molecule has 0 aliphatic carbocycles. The second kappa shape index (κ2) is 8.86. The van der Waals surface area contributed by atoms with E-state index in [1.54, 1.807) is 0 Å². The van der Waals surface area contributed by atoms with Gasteiger partial charge in [-0.2, -0.15) is 0 Å². The van der Waals surface area contributed by atoms with Gasteiger partial charge in [-0.3, -0.25) is 4.79 Å². The number of carbonyl (C=O) groups is 1. The van der Waals surface area contributed by atoms with E-state index in [2.05, 4.69) is 65.5 Å². The lowest BCUT2D eigenvalue weighted by Crippen LogP contribution is -2.44. The van der Waals surface area contributed by atoms with Crippen molar-refractivity contribution in [1.82, 2.24) is 4.90 Å². The quantitative estimate of drug-likeness (QED) is 0.862. The lowest BCUT2D eigenvalue weighted by atomic mass is 10.1. The largest absolute Gasteiger partial charge is 0.369 e. The Morgan fingerprint density at radius 1 is 0.962 bits per heavy atom. The molecule has 1 heterocycles. The molecular weight excluding hydrogens is 322 g/mol. The van der Waals surface area contributed by atoms with Crippen LogP contribution < -0.4 is 10.2 Å². The van der Waals surface area contributed by atoms with Crippen LogP contribution in [0.1, 0.15) is 24.0 Å². The fraction of sp³-hybridized carbons (Fsp3) is 0.409. The van der Waals surface area contributed by atoms with Crippen molar-refractivity contribution in [2.24, 2.45) is 0 Å². The summed E-state index contributed by atoms with van der Waals surface area (Å²) < 4.78 is 0. The van der Waals surface area contributed by atoms with Crippen LogP contribution in [-0.2, 0) is 11.2 Å². The highest BCUT2D eigenvalue weighted by molar-refractivity contribution is 5.90. The molecule has 138 valence electrons. The highest BCUT2D eigenvalue weighted by Gasteiger charge is 2.14. The molecule has 1 saturated heterocycles. The Hall–Kier alpha value is -2.33. The molecule has 1 amide bonds. The Morgan fingerprint density at radius 3 is 2.27 bits per heavy atom. The third-order valence-corrected chi connectivity index (χ3v) is 5.01. The molecule has 0 radical (unpaired) electrons. The van der Waals surface area contributed by atoms with Gasteiger partial charge in [0.05, 0.1) is 0 Å². The molecule has 1 fully saturated rings. The molecule has 2 aromatic carbocycles. The summed E-state index contributed by atoms with van der Waals surface area (Å²) in [6.45, 7) is 6.40. The zero-order valence-electron chi connectivity index (χ0n) is 15.9. The van der Waals surface area contributed by atoms with Crippen molar-refractivity contribution in [2.45, 2.75) is 26.2 Å². The number of likely N-dealkylation sites (N-methyl/N-ethyl adjacent to an activating group) is 1. The van der Waals surface area contributed by atoms with Crippen LogP contribution in [0.4, 0.5) is 11.4 Å². The first-order chi connectivity index (χ1) is 12.6. The molecule has 0 spiro atoms. The maximum Gasteiger partial charge on any atom is 0.224 e. The average molecular weight is 351 g/mol. The van der Waals surface area contributed by atoms with Crippen LogP contribution in [0, 0.1) is 6.92 Å². The minimum absolute atomic E-state index is 0.0875. The molecule has 3 rings (SSSR count). The number of aryl methyl sites for hydroxylation is 2. The third-order valence-electron chi connectivity index (χ3n) is 5.01. The smallest absolute Gasteiger partial charge is 0.224 e. The van der Waals surface area contributed by atoms with E-state index in [9.17, 15) is 4.79 Å². The lowest BCUT2D eigenvalue weighted by Gasteiger charge is -2.34. The number of amides is 1. The molecule has 0 atom stereocenters. The Morgan fingerprint density at radius 2 is 1.62 bits per heavy atom.